The highest BCUT2D eigenvalue weighted by molar-refractivity contribution is 5.45. The molecule has 1 unspecified atom stereocenters. The maximum atomic E-state index is 5.93. The molecule has 1 fully saturated rings. The number of nitrogens with zero attached hydrogens (tertiary/aromatic N) is 1. The lowest BCUT2D eigenvalue weighted by atomic mass is 10.0. The summed E-state index contributed by atoms with van der Waals surface area (Å²) in [7, 11) is 0. The van der Waals surface area contributed by atoms with Crippen molar-refractivity contribution in [3.63, 3.8) is 0 Å². The van der Waals surface area contributed by atoms with Gasteiger partial charge in [0.25, 0.3) is 0 Å². The van der Waals surface area contributed by atoms with E-state index in [4.69, 9.17) is 10.5 Å². The summed E-state index contributed by atoms with van der Waals surface area (Å²) in [6, 6.07) is 7.20. The molecule has 1 aromatic rings. The van der Waals surface area contributed by atoms with Crippen molar-refractivity contribution in [3.05, 3.63) is 29.3 Å². The molecule has 110 valence electrons. The van der Waals surface area contributed by atoms with E-state index in [0.29, 0.717) is 12.6 Å². The molecule has 1 heterocycles. The van der Waals surface area contributed by atoms with Gasteiger partial charge in [0.15, 0.2) is 0 Å². The molecule has 0 amide bonds. The first-order chi connectivity index (χ1) is 9.90. The number of rotatable bonds is 5. The molecule has 0 saturated carbocycles. The van der Waals surface area contributed by atoms with E-state index in [1.54, 1.807) is 0 Å². The quantitative estimate of drug-likeness (QED) is 0.839. The van der Waals surface area contributed by atoms with Crippen LogP contribution in [0.3, 0.4) is 0 Å². The van der Waals surface area contributed by atoms with Crippen LogP contribution in [0.25, 0.3) is 0 Å². The molecule has 2 aliphatic rings. The molecule has 1 aliphatic heterocycles. The maximum absolute atomic E-state index is 5.93. The van der Waals surface area contributed by atoms with E-state index in [2.05, 4.69) is 23.1 Å². The van der Waals surface area contributed by atoms with E-state index in [-0.39, 0.29) is 0 Å². The highest BCUT2D eigenvalue weighted by Crippen LogP contribution is 2.41. The van der Waals surface area contributed by atoms with Crippen LogP contribution in [-0.4, -0.2) is 31.1 Å². The Morgan fingerprint density at radius 2 is 2.05 bits per heavy atom. The summed E-state index contributed by atoms with van der Waals surface area (Å²) in [5.74, 6) is 1.09. The molecule has 1 saturated heterocycles. The standard InChI is InChI=1S/C17H26N2O/c18-10-5-13-20-17-7-4-6-14-15(17)8-9-16(14)19-11-2-1-3-12-19/h4,6-7,16H,1-3,5,8-13,18H2. The van der Waals surface area contributed by atoms with Crippen molar-refractivity contribution in [2.75, 3.05) is 26.2 Å². The summed E-state index contributed by atoms with van der Waals surface area (Å²) in [6.45, 7) is 3.97. The van der Waals surface area contributed by atoms with Gasteiger partial charge in [-0.1, -0.05) is 18.6 Å². The number of likely N-dealkylation sites (tertiary alicyclic amines) is 1. The predicted octanol–water partition coefficient (Wildman–Crippen LogP) is 2.89. The van der Waals surface area contributed by atoms with E-state index in [9.17, 15) is 0 Å². The van der Waals surface area contributed by atoms with Crippen LogP contribution in [0.2, 0.25) is 0 Å². The summed E-state index contributed by atoms with van der Waals surface area (Å²) in [5.41, 5.74) is 8.49. The third-order valence-corrected chi connectivity index (χ3v) is 4.63. The van der Waals surface area contributed by atoms with E-state index < -0.39 is 0 Å². The van der Waals surface area contributed by atoms with Crippen molar-refractivity contribution >= 4 is 0 Å². The molecule has 20 heavy (non-hydrogen) atoms. The van der Waals surface area contributed by atoms with E-state index >= 15 is 0 Å². The van der Waals surface area contributed by atoms with E-state index in [1.807, 2.05) is 0 Å². The number of benzene rings is 1. The Hall–Kier alpha value is -1.06. The van der Waals surface area contributed by atoms with Gasteiger partial charge in [0.05, 0.1) is 6.61 Å². The minimum Gasteiger partial charge on any atom is -0.493 e. The van der Waals surface area contributed by atoms with Crippen molar-refractivity contribution in [1.29, 1.82) is 0 Å². The van der Waals surface area contributed by atoms with Crippen molar-refractivity contribution < 1.29 is 4.74 Å². The minimum atomic E-state index is 0.628. The van der Waals surface area contributed by atoms with Gasteiger partial charge in [0.2, 0.25) is 0 Å². The topological polar surface area (TPSA) is 38.5 Å². The van der Waals surface area contributed by atoms with Crippen LogP contribution in [0, 0.1) is 0 Å². The molecule has 1 aromatic carbocycles. The van der Waals surface area contributed by atoms with Gasteiger partial charge in [0, 0.05) is 6.04 Å². The highest BCUT2D eigenvalue weighted by Gasteiger charge is 2.30. The highest BCUT2D eigenvalue weighted by atomic mass is 16.5. The molecule has 0 radical (unpaired) electrons. The fraction of sp³-hybridized carbons (Fsp3) is 0.647. The van der Waals surface area contributed by atoms with Gasteiger partial charge in [0.1, 0.15) is 5.75 Å². The van der Waals surface area contributed by atoms with Crippen LogP contribution in [-0.2, 0) is 6.42 Å². The lowest BCUT2D eigenvalue weighted by Gasteiger charge is -2.32. The van der Waals surface area contributed by atoms with E-state index in [1.165, 1.54) is 49.9 Å². The van der Waals surface area contributed by atoms with Gasteiger partial charge >= 0.3 is 0 Å². The lowest BCUT2D eigenvalue weighted by Crippen LogP contribution is -2.32. The molecule has 0 aromatic heterocycles. The van der Waals surface area contributed by atoms with Gasteiger partial charge < -0.3 is 10.5 Å². The largest absolute Gasteiger partial charge is 0.493 e. The molecule has 3 nitrogen and oxygen atoms in total. The van der Waals surface area contributed by atoms with Crippen molar-refractivity contribution in [1.82, 2.24) is 4.90 Å². The normalized spacial score (nSPS) is 22.8. The number of ether oxygens (including phenoxy) is 1. The van der Waals surface area contributed by atoms with Crippen LogP contribution < -0.4 is 10.5 Å². The van der Waals surface area contributed by atoms with Gasteiger partial charge in [-0.2, -0.15) is 0 Å². The minimum absolute atomic E-state index is 0.628. The fourth-order valence-corrected chi connectivity index (χ4v) is 3.61. The number of nitrogens with two attached hydrogens (primary N) is 1. The SMILES string of the molecule is NCCCOc1cccc2c1CCC2N1CCCCC1. The van der Waals surface area contributed by atoms with Crippen LogP contribution in [0.5, 0.6) is 5.75 Å². The summed E-state index contributed by atoms with van der Waals surface area (Å²) in [6.07, 6.45) is 7.47. The number of piperidine rings is 1. The molecule has 1 atom stereocenters. The van der Waals surface area contributed by atoms with E-state index in [0.717, 1.165) is 25.2 Å². The van der Waals surface area contributed by atoms with Gasteiger partial charge in [-0.15, -0.1) is 0 Å². The fourth-order valence-electron chi connectivity index (χ4n) is 3.61. The summed E-state index contributed by atoms with van der Waals surface area (Å²) in [5, 5.41) is 0. The molecule has 3 rings (SSSR count). The van der Waals surface area contributed by atoms with Crippen LogP contribution in [0.4, 0.5) is 0 Å². The number of hydrogen-bond acceptors (Lipinski definition) is 3. The van der Waals surface area contributed by atoms with Crippen LogP contribution >= 0.6 is 0 Å². The molecule has 0 spiro atoms. The average molecular weight is 274 g/mol. The molecule has 3 heteroatoms. The van der Waals surface area contributed by atoms with Crippen molar-refractivity contribution in [2.24, 2.45) is 5.73 Å². The summed E-state index contributed by atoms with van der Waals surface area (Å²) < 4.78 is 5.93. The van der Waals surface area contributed by atoms with Crippen LogP contribution in [0.15, 0.2) is 18.2 Å². The Morgan fingerprint density at radius 1 is 1.20 bits per heavy atom. The molecule has 0 bridgehead atoms. The molecule has 2 N–H and O–H groups in total. The zero-order valence-electron chi connectivity index (χ0n) is 12.3. The number of hydrogen-bond donors (Lipinski definition) is 1. The first-order valence-electron chi connectivity index (χ1n) is 8.09. The number of fused-ring (bicyclic) bond motifs is 1. The Morgan fingerprint density at radius 3 is 2.85 bits per heavy atom. The summed E-state index contributed by atoms with van der Waals surface area (Å²) >= 11 is 0. The second kappa shape index (κ2) is 6.59. The Kier molecular flexibility index (Phi) is 4.58. The Bertz CT molecular complexity index is 441. The second-order valence-corrected chi connectivity index (χ2v) is 5.97. The van der Waals surface area contributed by atoms with Gasteiger partial charge in [-0.05, 0) is 68.9 Å². The smallest absolute Gasteiger partial charge is 0.122 e. The third kappa shape index (κ3) is 2.84. The van der Waals surface area contributed by atoms with Crippen molar-refractivity contribution in [2.45, 2.75) is 44.6 Å². The first-order valence-corrected chi connectivity index (χ1v) is 8.09. The zero-order valence-corrected chi connectivity index (χ0v) is 12.3. The first kappa shape index (κ1) is 13.9. The van der Waals surface area contributed by atoms with Crippen molar-refractivity contribution in [3.8, 4) is 5.75 Å². The predicted molar refractivity (Wildman–Crippen MR) is 82.1 cm³/mol. The lowest BCUT2D eigenvalue weighted by molar-refractivity contribution is 0.163. The Balaban J connectivity index is 1.74. The second-order valence-electron chi connectivity index (χ2n) is 5.97. The Labute approximate surface area is 122 Å². The molecule has 1 aliphatic carbocycles. The van der Waals surface area contributed by atoms with Gasteiger partial charge in [-0.25, -0.2) is 0 Å². The zero-order chi connectivity index (χ0) is 13.8. The van der Waals surface area contributed by atoms with Crippen LogP contribution in [0.1, 0.15) is 49.3 Å². The average Bonchev–Trinajstić information content (AvgIpc) is 2.93. The monoisotopic (exact) mass is 274 g/mol. The van der Waals surface area contributed by atoms with Gasteiger partial charge in [-0.3, -0.25) is 4.90 Å². The molecular formula is C17H26N2O. The third-order valence-electron chi connectivity index (χ3n) is 4.63. The summed E-state index contributed by atoms with van der Waals surface area (Å²) in [4.78, 5) is 2.68. The maximum Gasteiger partial charge on any atom is 0.122 e. The molecular weight excluding hydrogens is 248 g/mol.